The minimum atomic E-state index is -0.765. The molecule has 1 aromatic heterocycles. The fourth-order valence-corrected chi connectivity index (χ4v) is 1.76. The van der Waals surface area contributed by atoms with Gasteiger partial charge in [0.25, 0.3) is 5.91 Å². The molecule has 5 heteroatoms. The molecular weight excluding hydrogens is 242 g/mol. The number of carbonyl (C=O) groups is 2. The highest BCUT2D eigenvalue weighted by molar-refractivity contribution is 6.05. The number of amides is 2. The molecule has 19 heavy (non-hydrogen) atoms. The van der Waals surface area contributed by atoms with E-state index in [0.29, 0.717) is 5.56 Å². The number of aromatic amines is 1. The molecule has 0 atom stereocenters. The van der Waals surface area contributed by atoms with Crippen molar-refractivity contribution in [1.29, 1.82) is 0 Å². The Bertz CT molecular complexity index is 628. The van der Waals surface area contributed by atoms with Gasteiger partial charge in [-0.2, -0.15) is 0 Å². The van der Waals surface area contributed by atoms with Gasteiger partial charge in [0.1, 0.15) is 0 Å². The predicted octanol–water partition coefficient (Wildman–Crippen LogP) is 1.41. The monoisotopic (exact) mass is 259 g/mol. The van der Waals surface area contributed by atoms with E-state index in [1.54, 1.807) is 26.1 Å². The quantitative estimate of drug-likeness (QED) is 0.775. The maximum absolute atomic E-state index is 12.1. The largest absolute Gasteiger partial charge is 0.369 e. The summed E-state index contributed by atoms with van der Waals surface area (Å²) in [6.07, 6.45) is 1.79. The van der Waals surface area contributed by atoms with E-state index < -0.39 is 11.3 Å². The lowest BCUT2D eigenvalue weighted by atomic mass is 9.92. The maximum atomic E-state index is 12.1. The Kier molecular flexibility index (Phi) is 3.29. The molecule has 2 aromatic rings. The Hall–Kier alpha value is -2.30. The van der Waals surface area contributed by atoms with Crippen LogP contribution in [0.15, 0.2) is 30.5 Å². The molecule has 1 aromatic carbocycles. The Morgan fingerprint density at radius 1 is 1.32 bits per heavy atom. The zero-order valence-electron chi connectivity index (χ0n) is 11.0. The maximum Gasteiger partial charge on any atom is 0.253 e. The lowest BCUT2D eigenvalue weighted by Gasteiger charge is -2.20. The van der Waals surface area contributed by atoms with Gasteiger partial charge in [-0.15, -0.1) is 0 Å². The Morgan fingerprint density at radius 3 is 2.74 bits per heavy atom. The number of hydrogen-bond donors (Lipinski definition) is 3. The van der Waals surface area contributed by atoms with Crippen LogP contribution in [0.25, 0.3) is 10.9 Å². The van der Waals surface area contributed by atoms with E-state index in [2.05, 4.69) is 10.3 Å². The van der Waals surface area contributed by atoms with Gasteiger partial charge in [0.2, 0.25) is 5.91 Å². The molecule has 0 aliphatic carbocycles. The zero-order chi connectivity index (χ0) is 14.0. The number of aromatic nitrogens is 1. The molecule has 0 aliphatic heterocycles. The molecule has 5 nitrogen and oxygen atoms in total. The van der Waals surface area contributed by atoms with Crippen molar-refractivity contribution >= 4 is 22.7 Å². The number of H-pyrrole nitrogens is 1. The van der Waals surface area contributed by atoms with E-state index in [4.69, 9.17) is 5.73 Å². The second-order valence-corrected chi connectivity index (χ2v) is 5.18. The van der Waals surface area contributed by atoms with Gasteiger partial charge in [0, 0.05) is 18.1 Å². The predicted molar refractivity (Wildman–Crippen MR) is 73.6 cm³/mol. The fourth-order valence-electron chi connectivity index (χ4n) is 1.76. The second-order valence-electron chi connectivity index (χ2n) is 5.18. The summed E-state index contributed by atoms with van der Waals surface area (Å²) in [5, 5.41) is 3.72. The van der Waals surface area contributed by atoms with Crippen LogP contribution < -0.4 is 11.1 Å². The number of para-hydroxylation sites is 1. The van der Waals surface area contributed by atoms with Crippen molar-refractivity contribution < 1.29 is 9.59 Å². The smallest absolute Gasteiger partial charge is 0.253 e. The molecule has 0 unspecified atom stereocenters. The molecule has 0 spiro atoms. The van der Waals surface area contributed by atoms with Crippen LogP contribution in [0.2, 0.25) is 0 Å². The van der Waals surface area contributed by atoms with E-state index in [9.17, 15) is 9.59 Å². The van der Waals surface area contributed by atoms with Gasteiger partial charge in [-0.25, -0.2) is 0 Å². The van der Waals surface area contributed by atoms with E-state index >= 15 is 0 Å². The lowest BCUT2D eigenvalue weighted by molar-refractivity contribution is -0.125. The normalized spacial score (nSPS) is 11.5. The van der Waals surface area contributed by atoms with Gasteiger partial charge in [0.15, 0.2) is 0 Å². The zero-order valence-corrected chi connectivity index (χ0v) is 11.0. The first-order valence-corrected chi connectivity index (χ1v) is 6.06. The highest BCUT2D eigenvalue weighted by Crippen LogP contribution is 2.17. The summed E-state index contributed by atoms with van der Waals surface area (Å²) < 4.78 is 0. The number of primary amides is 1. The number of hydrogen-bond acceptors (Lipinski definition) is 2. The Morgan fingerprint density at radius 2 is 2.05 bits per heavy atom. The number of fused-ring (bicyclic) bond motifs is 1. The summed E-state index contributed by atoms with van der Waals surface area (Å²) in [5.41, 5.74) is 5.86. The molecule has 1 heterocycles. The summed E-state index contributed by atoms with van der Waals surface area (Å²) in [6.45, 7) is 3.61. The SMILES string of the molecule is CC(C)(CNC(=O)c1cccc2cc[nH]c12)C(N)=O. The third-order valence-corrected chi connectivity index (χ3v) is 3.19. The second kappa shape index (κ2) is 4.76. The summed E-state index contributed by atoms with van der Waals surface area (Å²) in [5.74, 6) is -0.659. The van der Waals surface area contributed by atoms with Gasteiger partial charge in [-0.1, -0.05) is 12.1 Å². The molecule has 4 N–H and O–H groups in total. The van der Waals surface area contributed by atoms with Gasteiger partial charge < -0.3 is 16.0 Å². The van der Waals surface area contributed by atoms with Crippen LogP contribution in [-0.4, -0.2) is 23.3 Å². The van der Waals surface area contributed by atoms with Crippen LogP contribution >= 0.6 is 0 Å². The van der Waals surface area contributed by atoms with Crippen molar-refractivity contribution in [3.05, 3.63) is 36.0 Å². The first kappa shape index (κ1) is 13.1. The molecule has 0 aliphatic rings. The van der Waals surface area contributed by atoms with Crippen LogP contribution in [0, 0.1) is 5.41 Å². The fraction of sp³-hybridized carbons (Fsp3) is 0.286. The van der Waals surface area contributed by atoms with Crippen molar-refractivity contribution in [2.75, 3.05) is 6.54 Å². The molecule has 0 saturated carbocycles. The van der Waals surface area contributed by atoms with Crippen LogP contribution in [0.5, 0.6) is 0 Å². The highest BCUT2D eigenvalue weighted by Gasteiger charge is 2.25. The number of benzene rings is 1. The van der Waals surface area contributed by atoms with Gasteiger partial charge in [-0.3, -0.25) is 9.59 Å². The van der Waals surface area contributed by atoms with Crippen molar-refractivity contribution in [1.82, 2.24) is 10.3 Å². The standard InChI is InChI=1S/C14H17N3O2/c1-14(2,13(15)19)8-17-12(18)10-5-3-4-9-6-7-16-11(9)10/h3-7,16H,8H2,1-2H3,(H2,15,19)(H,17,18). The molecule has 0 radical (unpaired) electrons. The van der Waals surface area contributed by atoms with Gasteiger partial charge in [-0.05, 0) is 26.0 Å². The van der Waals surface area contributed by atoms with Gasteiger partial charge in [0.05, 0.1) is 16.5 Å². The van der Waals surface area contributed by atoms with Crippen LogP contribution in [0.3, 0.4) is 0 Å². The summed E-state index contributed by atoms with van der Waals surface area (Å²) in [7, 11) is 0. The highest BCUT2D eigenvalue weighted by atomic mass is 16.2. The topological polar surface area (TPSA) is 88.0 Å². The van der Waals surface area contributed by atoms with Crippen molar-refractivity contribution in [3.63, 3.8) is 0 Å². The number of nitrogens with two attached hydrogens (primary N) is 1. The first-order chi connectivity index (χ1) is 8.92. The van der Waals surface area contributed by atoms with Crippen molar-refractivity contribution in [2.45, 2.75) is 13.8 Å². The Labute approximate surface area is 111 Å². The molecule has 2 amide bonds. The summed E-state index contributed by atoms with van der Waals surface area (Å²) in [6, 6.07) is 7.39. The third-order valence-electron chi connectivity index (χ3n) is 3.19. The minimum absolute atomic E-state index is 0.207. The lowest BCUT2D eigenvalue weighted by Crippen LogP contribution is -2.42. The van der Waals surface area contributed by atoms with Crippen LogP contribution in [-0.2, 0) is 4.79 Å². The summed E-state index contributed by atoms with van der Waals surface area (Å²) in [4.78, 5) is 26.4. The number of rotatable bonds is 4. The number of nitrogens with one attached hydrogen (secondary N) is 2. The van der Waals surface area contributed by atoms with Crippen LogP contribution in [0.1, 0.15) is 24.2 Å². The first-order valence-electron chi connectivity index (χ1n) is 6.06. The van der Waals surface area contributed by atoms with E-state index in [1.807, 2.05) is 18.2 Å². The number of carbonyl (C=O) groups excluding carboxylic acids is 2. The van der Waals surface area contributed by atoms with Crippen LogP contribution in [0.4, 0.5) is 0 Å². The molecule has 0 bridgehead atoms. The Balaban J connectivity index is 2.17. The van der Waals surface area contributed by atoms with Gasteiger partial charge >= 0.3 is 0 Å². The molecule has 0 fully saturated rings. The third kappa shape index (κ3) is 2.59. The van der Waals surface area contributed by atoms with E-state index in [1.165, 1.54) is 0 Å². The molecule has 2 rings (SSSR count). The average Bonchev–Trinajstić information content (AvgIpc) is 2.83. The average molecular weight is 259 g/mol. The van der Waals surface area contributed by atoms with Crippen molar-refractivity contribution in [2.24, 2.45) is 11.1 Å². The minimum Gasteiger partial charge on any atom is -0.369 e. The van der Waals surface area contributed by atoms with Crippen molar-refractivity contribution in [3.8, 4) is 0 Å². The molecular formula is C14H17N3O2. The molecule has 0 saturated heterocycles. The van der Waals surface area contributed by atoms with E-state index in [0.717, 1.165) is 10.9 Å². The van der Waals surface area contributed by atoms with E-state index in [-0.39, 0.29) is 12.5 Å². The summed E-state index contributed by atoms with van der Waals surface area (Å²) >= 11 is 0. The molecule has 100 valence electrons.